The van der Waals surface area contributed by atoms with Gasteiger partial charge >= 0.3 is 0 Å². The Morgan fingerprint density at radius 1 is 1.40 bits per heavy atom. The highest BCUT2D eigenvalue weighted by Crippen LogP contribution is 2.28. The molecule has 1 atom stereocenters. The summed E-state index contributed by atoms with van der Waals surface area (Å²) < 4.78 is 0. The maximum atomic E-state index is 4.38. The quantitative estimate of drug-likeness (QED) is 0.892. The number of aryl methyl sites for hydroxylation is 2. The molecule has 1 unspecified atom stereocenters. The van der Waals surface area contributed by atoms with Crippen molar-refractivity contribution in [2.45, 2.75) is 26.8 Å². The van der Waals surface area contributed by atoms with E-state index in [1.54, 1.807) is 22.7 Å². The monoisotopic (exact) mass is 239 g/mol. The zero-order valence-corrected chi connectivity index (χ0v) is 10.6. The summed E-state index contributed by atoms with van der Waals surface area (Å²) in [5.41, 5.74) is 1.07. The van der Waals surface area contributed by atoms with Crippen molar-refractivity contribution in [1.82, 2.24) is 9.97 Å². The summed E-state index contributed by atoms with van der Waals surface area (Å²) in [5.74, 6) is 0. The second kappa shape index (κ2) is 4.28. The van der Waals surface area contributed by atoms with Crippen molar-refractivity contribution in [1.29, 1.82) is 0 Å². The smallest absolute Gasteiger partial charge is 0.115 e. The Bertz CT molecular complexity index is 433. The first-order chi connectivity index (χ1) is 7.16. The van der Waals surface area contributed by atoms with E-state index in [0.29, 0.717) is 0 Å². The van der Waals surface area contributed by atoms with E-state index in [4.69, 9.17) is 0 Å². The van der Waals surface area contributed by atoms with Gasteiger partial charge in [-0.15, -0.1) is 22.7 Å². The lowest BCUT2D eigenvalue weighted by molar-refractivity contribution is 0.871. The highest BCUT2D eigenvalue weighted by molar-refractivity contribution is 7.15. The van der Waals surface area contributed by atoms with Crippen LogP contribution in [0.15, 0.2) is 11.6 Å². The fourth-order valence-electron chi connectivity index (χ4n) is 1.37. The molecule has 0 saturated carbocycles. The highest BCUT2D eigenvalue weighted by atomic mass is 32.1. The first-order valence-corrected chi connectivity index (χ1v) is 6.46. The summed E-state index contributed by atoms with van der Waals surface area (Å²) in [4.78, 5) is 8.67. The first-order valence-electron chi connectivity index (χ1n) is 4.77. The Morgan fingerprint density at radius 2 is 2.20 bits per heavy atom. The van der Waals surface area contributed by atoms with Gasteiger partial charge in [-0.25, -0.2) is 9.97 Å². The molecule has 0 aliphatic carbocycles. The van der Waals surface area contributed by atoms with Crippen LogP contribution in [0.4, 0.5) is 5.00 Å². The summed E-state index contributed by atoms with van der Waals surface area (Å²) in [6.45, 7) is 6.17. The molecule has 2 aromatic rings. The number of aromatic nitrogens is 2. The van der Waals surface area contributed by atoms with Gasteiger partial charge in [-0.1, -0.05) is 0 Å². The van der Waals surface area contributed by atoms with Gasteiger partial charge in [0.05, 0.1) is 16.7 Å². The lowest BCUT2D eigenvalue weighted by atomic mass is 10.3. The van der Waals surface area contributed by atoms with Gasteiger partial charge in [0.1, 0.15) is 10.0 Å². The molecule has 15 heavy (non-hydrogen) atoms. The van der Waals surface area contributed by atoms with E-state index >= 15 is 0 Å². The summed E-state index contributed by atoms with van der Waals surface area (Å²) in [5, 5.41) is 8.79. The standard InChI is InChI=1S/C10H13N3S2/c1-6(9-11-4-5-14-9)13-10-7(2)12-8(3)15-10/h4-6,13H,1-3H3. The molecule has 0 aliphatic heterocycles. The van der Waals surface area contributed by atoms with Crippen molar-refractivity contribution < 1.29 is 0 Å². The Labute approximate surface area is 97.2 Å². The number of hydrogen-bond acceptors (Lipinski definition) is 5. The second-order valence-electron chi connectivity index (χ2n) is 3.38. The number of thiazole rings is 2. The van der Waals surface area contributed by atoms with Crippen molar-refractivity contribution in [2.75, 3.05) is 5.32 Å². The van der Waals surface area contributed by atoms with E-state index in [-0.39, 0.29) is 6.04 Å². The van der Waals surface area contributed by atoms with E-state index in [0.717, 1.165) is 20.7 Å². The molecule has 0 bridgehead atoms. The molecule has 0 saturated heterocycles. The van der Waals surface area contributed by atoms with Gasteiger partial charge in [0, 0.05) is 11.6 Å². The summed E-state index contributed by atoms with van der Waals surface area (Å²) >= 11 is 3.37. The molecule has 2 rings (SSSR count). The zero-order chi connectivity index (χ0) is 10.8. The molecule has 1 N–H and O–H groups in total. The van der Waals surface area contributed by atoms with Crippen LogP contribution in [0.3, 0.4) is 0 Å². The Kier molecular flexibility index (Phi) is 3.02. The third-order valence-corrected chi connectivity index (χ3v) is 4.04. The van der Waals surface area contributed by atoms with Gasteiger partial charge in [0.15, 0.2) is 0 Å². The Morgan fingerprint density at radius 3 is 2.73 bits per heavy atom. The number of nitrogens with zero attached hydrogens (tertiary/aromatic N) is 2. The van der Waals surface area contributed by atoms with Gasteiger partial charge in [-0.3, -0.25) is 0 Å². The van der Waals surface area contributed by atoms with Crippen LogP contribution < -0.4 is 5.32 Å². The number of anilines is 1. The molecule has 5 heteroatoms. The van der Waals surface area contributed by atoms with E-state index in [1.807, 2.05) is 25.4 Å². The maximum absolute atomic E-state index is 4.38. The van der Waals surface area contributed by atoms with Crippen LogP contribution in [0.2, 0.25) is 0 Å². The normalized spacial score (nSPS) is 12.7. The van der Waals surface area contributed by atoms with Gasteiger partial charge in [0.25, 0.3) is 0 Å². The Balaban J connectivity index is 2.12. The van der Waals surface area contributed by atoms with Crippen LogP contribution in [0.5, 0.6) is 0 Å². The fourth-order valence-corrected chi connectivity index (χ4v) is 2.92. The molecule has 0 aromatic carbocycles. The van der Waals surface area contributed by atoms with Crippen LogP contribution in [0.1, 0.15) is 28.7 Å². The average Bonchev–Trinajstić information content (AvgIpc) is 2.76. The molecule has 2 aromatic heterocycles. The van der Waals surface area contributed by atoms with Gasteiger partial charge < -0.3 is 5.32 Å². The molecule has 0 radical (unpaired) electrons. The topological polar surface area (TPSA) is 37.8 Å². The van der Waals surface area contributed by atoms with Crippen LogP contribution in [-0.2, 0) is 0 Å². The van der Waals surface area contributed by atoms with Gasteiger partial charge in [-0.2, -0.15) is 0 Å². The van der Waals surface area contributed by atoms with Crippen molar-refractivity contribution in [2.24, 2.45) is 0 Å². The van der Waals surface area contributed by atoms with Crippen molar-refractivity contribution in [3.05, 3.63) is 27.3 Å². The third kappa shape index (κ3) is 2.35. The largest absolute Gasteiger partial charge is 0.366 e. The van der Waals surface area contributed by atoms with Crippen LogP contribution in [-0.4, -0.2) is 9.97 Å². The van der Waals surface area contributed by atoms with E-state index in [9.17, 15) is 0 Å². The molecular formula is C10H13N3S2. The third-order valence-electron chi connectivity index (χ3n) is 2.07. The number of nitrogens with one attached hydrogen (secondary N) is 1. The highest BCUT2D eigenvalue weighted by Gasteiger charge is 2.11. The summed E-state index contributed by atoms with van der Waals surface area (Å²) in [6, 6.07) is 0.253. The summed E-state index contributed by atoms with van der Waals surface area (Å²) in [7, 11) is 0. The second-order valence-corrected chi connectivity index (χ2v) is 5.51. The van der Waals surface area contributed by atoms with Crippen LogP contribution >= 0.6 is 22.7 Å². The van der Waals surface area contributed by atoms with Gasteiger partial charge in [0.2, 0.25) is 0 Å². The first kappa shape index (κ1) is 10.6. The fraction of sp³-hybridized carbons (Fsp3) is 0.400. The van der Waals surface area contributed by atoms with Crippen molar-refractivity contribution >= 4 is 27.7 Å². The van der Waals surface area contributed by atoms with Crippen LogP contribution in [0, 0.1) is 13.8 Å². The minimum atomic E-state index is 0.253. The number of hydrogen-bond donors (Lipinski definition) is 1. The molecule has 0 fully saturated rings. The number of rotatable bonds is 3. The zero-order valence-electron chi connectivity index (χ0n) is 8.94. The van der Waals surface area contributed by atoms with Gasteiger partial charge in [-0.05, 0) is 20.8 Å². The molecule has 80 valence electrons. The molecule has 0 aliphatic rings. The average molecular weight is 239 g/mol. The van der Waals surface area contributed by atoms with E-state index < -0.39 is 0 Å². The Hall–Kier alpha value is -0.940. The maximum Gasteiger partial charge on any atom is 0.115 e. The molecule has 0 spiro atoms. The molecular weight excluding hydrogens is 226 g/mol. The lowest BCUT2D eigenvalue weighted by Crippen LogP contribution is -2.05. The van der Waals surface area contributed by atoms with E-state index in [1.165, 1.54) is 0 Å². The predicted molar refractivity (Wildman–Crippen MR) is 65.7 cm³/mol. The minimum Gasteiger partial charge on any atom is -0.366 e. The van der Waals surface area contributed by atoms with Crippen molar-refractivity contribution in [3.8, 4) is 0 Å². The van der Waals surface area contributed by atoms with Crippen LogP contribution in [0.25, 0.3) is 0 Å². The minimum absolute atomic E-state index is 0.253. The summed E-state index contributed by atoms with van der Waals surface area (Å²) in [6.07, 6.45) is 1.84. The predicted octanol–water partition coefficient (Wildman–Crippen LogP) is 3.39. The molecule has 3 nitrogen and oxygen atoms in total. The lowest BCUT2D eigenvalue weighted by Gasteiger charge is -2.10. The molecule has 2 heterocycles. The SMILES string of the molecule is Cc1nc(C)c(NC(C)c2nccs2)s1. The van der Waals surface area contributed by atoms with E-state index in [2.05, 4.69) is 22.2 Å². The van der Waals surface area contributed by atoms with Crippen molar-refractivity contribution in [3.63, 3.8) is 0 Å². The molecule has 0 amide bonds.